The molecule has 100 valence electrons. The van der Waals surface area contributed by atoms with Gasteiger partial charge in [0.2, 0.25) is 0 Å². The second-order valence-corrected chi connectivity index (χ2v) is 5.82. The molecule has 1 atom stereocenters. The second-order valence-electron chi connectivity index (χ2n) is 5.82. The van der Waals surface area contributed by atoms with Crippen LogP contribution in [-0.2, 0) is 0 Å². The zero-order valence-electron chi connectivity index (χ0n) is 11.6. The maximum atomic E-state index is 6.68. The summed E-state index contributed by atoms with van der Waals surface area (Å²) in [5, 5.41) is 1.22. The van der Waals surface area contributed by atoms with Gasteiger partial charge >= 0.3 is 0 Å². The quantitative estimate of drug-likeness (QED) is 0.891. The van der Waals surface area contributed by atoms with E-state index in [-0.39, 0.29) is 6.04 Å². The Morgan fingerprint density at radius 1 is 1.21 bits per heavy atom. The number of pyridine rings is 1. The summed E-state index contributed by atoms with van der Waals surface area (Å²) in [7, 11) is 0. The van der Waals surface area contributed by atoms with Crippen LogP contribution in [0.2, 0.25) is 0 Å². The average Bonchev–Trinajstić information content (AvgIpc) is 2.96. The molecule has 0 saturated heterocycles. The lowest BCUT2D eigenvalue weighted by atomic mass is 9.73. The Labute approximate surface area is 115 Å². The maximum absolute atomic E-state index is 6.68. The van der Waals surface area contributed by atoms with Crippen molar-refractivity contribution in [3.05, 3.63) is 42.1 Å². The van der Waals surface area contributed by atoms with E-state index in [1.807, 2.05) is 12.3 Å². The lowest BCUT2D eigenvalue weighted by Gasteiger charge is -2.35. The molecule has 1 aliphatic carbocycles. The molecule has 0 aliphatic heterocycles. The Kier molecular flexibility index (Phi) is 3.28. The van der Waals surface area contributed by atoms with Gasteiger partial charge in [-0.2, -0.15) is 0 Å². The summed E-state index contributed by atoms with van der Waals surface area (Å²) < 4.78 is 0. The van der Waals surface area contributed by atoms with Gasteiger partial charge in [-0.05, 0) is 42.4 Å². The molecule has 2 N–H and O–H groups in total. The topological polar surface area (TPSA) is 38.9 Å². The van der Waals surface area contributed by atoms with Gasteiger partial charge in [0, 0.05) is 17.6 Å². The lowest BCUT2D eigenvalue weighted by Crippen LogP contribution is -2.31. The molecule has 1 aliphatic rings. The van der Waals surface area contributed by atoms with E-state index in [9.17, 15) is 0 Å². The molecule has 1 heterocycles. The predicted octanol–water partition coefficient (Wildman–Crippen LogP) is 4.21. The van der Waals surface area contributed by atoms with Crippen molar-refractivity contribution in [2.75, 3.05) is 0 Å². The summed E-state index contributed by atoms with van der Waals surface area (Å²) in [4.78, 5) is 4.44. The number of hydrogen-bond acceptors (Lipinski definition) is 2. The van der Waals surface area contributed by atoms with Crippen molar-refractivity contribution in [2.24, 2.45) is 11.1 Å². The summed E-state index contributed by atoms with van der Waals surface area (Å²) in [6.45, 7) is 2.29. The molecule has 3 rings (SSSR count). The van der Waals surface area contributed by atoms with Gasteiger partial charge in [0.1, 0.15) is 0 Å². The van der Waals surface area contributed by atoms with Gasteiger partial charge in [0.05, 0.1) is 5.52 Å². The zero-order valence-corrected chi connectivity index (χ0v) is 11.6. The SMILES string of the molecule is CCC1(C(N)c2cccc3ncccc23)CCCC1. The van der Waals surface area contributed by atoms with Crippen molar-refractivity contribution in [3.8, 4) is 0 Å². The molecule has 1 fully saturated rings. The number of fused-ring (bicyclic) bond motifs is 1. The molecule has 0 spiro atoms. The molecular weight excluding hydrogens is 232 g/mol. The highest BCUT2D eigenvalue weighted by atomic mass is 14.7. The van der Waals surface area contributed by atoms with Gasteiger partial charge in [0.25, 0.3) is 0 Å². The monoisotopic (exact) mass is 254 g/mol. The first kappa shape index (κ1) is 12.6. The third kappa shape index (κ3) is 2.04. The Morgan fingerprint density at radius 2 is 2.00 bits per heavy atom. The third-order valence-electron chi connectivity index (χ3n) is 4.98. The van der Waals surface area contributed by atoms with E-state index in [2.05, 4.69) is 36.2 Å². The molecule has 2 aromatic rings. The number of nitrogens with two attached hydrogens (primary N) is 1. The van der Waals surface area contributed by atoms with Crippen LogP contribution >= 0.6 is 0 Å². The van der Waals surface area contributed by atoms with Crippen molar-refractivity contribution < 1.29 is 0 Å². The van der Waals surface area contributed by atoms with Crippen LogP contribution in [0.3, 0.4) is 0 Å². The standard InChI is InChI=1S/C17H22N2/c1-2-17(10-3-4-11-17)16(18)14-7-5-9-15-13(14)8-6-12-19-15/h5-9,12,16H,2-4,10-11,18H2,1H3. The maximum Gasteiger partial charge on any atom is 0.0705 e. The number of aromatic nitrogens is 1. The van der Waals surface area contributed by atoms with Gasteiger partial charge in [-0.15, -0.1) is 0 Å². The molecule has 1 aromatic heterocycles. The molecule has 19 heavy (non-hydrogen) atoms. The molecule has 0 amide bonds. The first-order valence-corrected chi connectivity index (χ1v) is 7.36. The minimum absolute atomic E-state index is 0.132. The smallest absolute Gasteiger partial charge is 0.0705 e. The van der Waals surface area contributed by atoms with Gasteiger partial charge < -0.3 is 5.73 Å². The van der Waals surface area contributed by atoms with E-state index in [0.29, 0.717) is 5.41 Å². The first-order valence-electron chi connectivity index (χ1n) is 7.36. The Hall–Kier alpha value is -1.41. The van der Waals surface area contributed by atoms with Gasteiger partial charge in [-0.25, -0.2) is 0 Å². The fourth-order valence-corrected chi connectivity index (χ4v) is 3.69. The van der Waals surface area contributed by atoms with Crippen molar-refractivity contribution in [3.63, 3.8) is 0 Å². The van der Waals surface area contributed by atoms with Crippen LogP contribution in [0.4, 0.5) is 0 Å². The van der Waals surface area contributed by atoms with Crippen molar-refractivity contribution in [1.82, 2.24) is 4.98 Å². The van der Waals surface area contributed by atoms with Crippen LogP contribution in [0.5, 0.6) is 0 Å². The van der Waals surface area contributed by atoms with E-state index >= 15 is 0 Å². The minimum Gasteiger partial charge on any atom is -0.323 e. The second kappa shape index (κ2) is 4.93. The summed E-state index contributed by atoms with van der Waals surface area (Å²) in [6.07, 6.45) is 8.20. The Balaban J connectivity index is 2.08. The highest BCUT2D eigenvalue weighted by Crippen LogP contribution is 2.49. The van der Waals surface area contributed by atoms with Crippen LogP contribution < -0.4 is 5.73 Å². The number of nitrogens with zero attached hydrogens (tertiary/aromatic N) is 1. The summed E-state index contributed by atoms with van der Waals surface area (Å²) in [6, 6.07) is 10.6. The molecule has 1 unspecified atom stereocenters. The van der Waals surface area contributed by atoms with E-state index < -0.39 is 0 Å². The van der Waals surface area contributed by atoms with Crippen LogP contribution in [0.25, 0.3) is 10.9 Å². The molecule has 1 saturated carbocycles. The van der Waals surface area contributed by atoms with Crippen LogP contribution in [0.15, 0.2) is 36.5 Å². The largest absolute Gasteiger partial charge is 0.323 e. The molecule has 2 nitrogen and oxygen atoms in total. The fourth-order valence-electron chi connectivity index (χ4n) is 3.69. The van der Waals surface area contributed by atoms with Crippen LogP contribution in [0, 0.1) is 5.41 Å². The third-order valence-corrected chi connectivity index (χ3v) is 4.98. The van der Waals surface area contributed by atoms with Crippen molar-refractivity contribution >= 4 is 10.9 Å². The Bertz CT molecular complexity index is 565. The van der Waals surface area contributed by atoms with E-state index in [4.69, 9.17) is 5.73 Å². The van der Waals surface area contributed by atoms with Crippen LogP contribution in [-0.4, -0.2) is 4.98 Å². The number of benzene rings is 1. The molecule has 2 heteroatoms. The number of hydrogen-bond donors (Lipinski definition) is 1. The fraction of sp³-hybridized carbons (Fsp3) is 0.471. The average molecular weight is 254 g/mol. The summed E-state index contributed by atoms with van der Waals surface area (Å²) >= 11 is 0. The highest BCUT2D eigenvalue weighted by Gasteiger charge is 2.38. The normalized spacial score (nSPS) is 19.7. The summed E-state index contributed by atoms with van der Waals surface area (Å²) in [5.41, 5.74) is 9.31. The van der Waals surface area contributed by atoms with E-state index in [0.717, 1.165) is 5.52 Å². The first-order chi connectivity index (χ1) is 9.27. The van der Waals surface area contributed by atoms with Gasteiger partial charge in [0.15, 0.2) is 0 Å². The molecular formula is C17H22N2. The number of rotatable bonds is 3. The molecule has 0 radical (unpaired) electrons. The minimum atomic E-state index is 0.132. The van der Waals surface area contributed by atoms with E-state index in [1.54, 1.807) is 0 Å². The molecule has 0 bridgehead atoms. The van der Waals surface area contributed by atoms with Crippen molar-refractivity contribution in [1.29, 1.82) is 0 Å². The van der Waals surface area contributed by atoms with Gasteiger partial charge in [-0.3, -0.25) is 4.98 Å². The zero-order chi connectivity index (χ0) is 13.3. The predicted molar refractivity (Wildman–Crippen MR) is 79.9 cm³/mol. The van der Waals surface area contributed by atoms with Crippen LogP contribution in [0.1, 0.15) is 50.6 Å². The van der Waals surface area contributed by atoms with Gasteiger partial charge in [-0.1, -0.05) is 38.0 Å². The molecule has 1 aromatic carbocycles. The van der Waals surface area contributed by atoms with Crippen molar-refractivity contribution in [2.45, 2.75) is 45.1 Å². The summed E-state index contributed by atoms with van der Waals surface area (Å²) in [5.74, 6) is 0. The lowest BCUT2D eigenvalue weighted by molar-refractivity contribution is 0.223. The van der Waals surface area contributed by atoms with E-state index in [1.165, 1.54) is 43.1 Å². The highest BCUT2D eigenvalue weighted by molar-refractivity contribution is 5.82. The Morgan fingerprint density at radius 3 is 2.74 bits per heavy atom.